The number of hydrogen-bond acceptors (Lipinski definition) is 4. The van der Waals surface area contributed by atoms with E-state index in [1.807, 2.05) is 0 Å². The van der Waals surface area contributed by atoms with Crippen molar-refractivity contribution in [1.82, 2.24) is 4.90 Å². The molecule has 9 heteroatoms. The zero-order valence-corrected chi connectivity index (χ0v) is 10.1. The van der Waals surface area contributed by atoms with Crippen LogP contribution in [-0.4, -0.2) is 67.6 Å². The van der Waals surface area contributed by atoms with Crippen LogP contribution in [0.2, 0.25) is 0 Å². The normalized spacial score (nSPS) is 23.4. The number of hydrogen-bond donors (Lipinski definition) is 1. The highest BCUT2D eigenvalue weighted by molar-refractivity contribution is 5.79. The Labute approximate surface area is 107 Å². The minimum Gasteiger partial charge on any atom is -0.481 e. The lowest BCUT2D eigenvalue weighted by Gasteiger charge is -2.26. The molecule has 1 aliphatic rings. The van der Waals surface area contributed by atoms with Gasteiger partial charge in [-0.25, -0.2) is 0 Å². The van der Waals surface area contributed by atoms with Crippen molar-refractivity contribution in [2.45, 2.75) is 12.2 Å². The summed E-state index contributed by atoms with van der Waals surface area (Å²) in [5, 5.41) is 8.90. The maximum atomic E-state index is 11.8. The van der Waals surface area contributed by atoms with Crippen molar-refractivity contribution < 1.29 is 37.3 Å². The van der Waals surface area contributed by atoms with Crippen LogP contribution in [0.4, 0.5) is 13.2 Å². The largest absolute Gasteiger partial charge is 0.481 e. The summed E-state index contributed by atoms with van der Waals surface area (Å²) in [6.45, 7) is -2.26. The summed E-state index contributed by atoms with van der Waals surface area (Å²) >= 11 is 0. The summed E-state index contributed by atoms with van der Waals surface area (Å²) in [4.78, 5) is 23.5. The SMILES string of the molecule is CN(C(=O)COCC(F)(F)F)C1COCC1C(=O)O. The van der Waals surface area contributed by atoms with Gasteiger partial charge in [0.05, 0.1) is 19.3 Å². The fourth-order valence-corrected chi connectivity index (χ4v) is 1.70. The minimum atomic E-state index is -4.50. The molecule has 0 spiro atoms. The number of ether oxygens (including phenoxy) is 2. The molecule has 0 aliphatic carbocycles. The second-order valence-corrected chi connectivity index (χ2v) is 4.16. The molecule has 110 valence electrons. The molecule has 0 aromatic rings. The highest BCUT2D eigenvalue weighted by Crippen LogP contribution is 2.19. The third-order valence-electron chi connectivity index (χ3n) is 2.75. The first-order valence-corrected chi connectivity index (χ1v) is 5.43. The summed E-state index contributed by atoms with van der Waals surface area (Å²) in [6.07, 6.45) is -4.50. The average Bonchev–Trinajstić information content (AvgIpc) is 2.74. The lowest BCUT2D eigenvalue weighted by atomic mass is 10.0. The number of likely N-dealkylation sites (N-methyl/N-ethyl adjacent to an activating group) is 1. The molecule has 0 bridgehead atoms. The molecular weight excluding hydrogens is 271 g/mol. The third kappa shape index (κ3) is 4.67. The van der Waals surface area contributed by atoms with Crippen molar-refractivity contribution in [2.75, 3.05) is 33.5 Å². The monoisotopic (exact) mass is 285 g/mol. The highest BCUT2D eigenvalue weighted by atomic mass is 19.4. The maximum absolute atomic E-state index is 11.8. The Morgan fingerprint density at radius 2 is 2.05 bits per heavy atom. The van der Waals surface area contributed by atoms with E-state index in [2.05, 4.69) is 4.74 Å². The number of carbonyl (C=O) groups excluding carboxylic acids is 1. The van der Waals surface area contributed by atoms with Crippen LogP contribution in [0.5, 0.6) is 0 Å². The molecule has 0 aromatic heterocycles. The van der Waals surface area contributed by atoms with Crippen molar-refractivity contribution >= 4 is 11.9 Å². The van der Waals surface area contributed by atoms with E-state index >= 15 is 0 Å². The van der Waals surface area contributed by atoms with E-state index in [4.69, 9.17) is 9.84 Å². The summed E-state index contributed by atoms with van der Waals surface area (Å²) in [6, 6.07) is -0.695. The Morgan fingerprint density at radius 3 is 2.58 bits per heavy atom. The van der Waals surface area contributed by atoms with Gasteiger partial charge < -0.3 is 19.5 Å². The van der Waals surface area contributed by atoms with Crippen LogP contribution < -0.4 is 0 Å². The van der Waals surface area contributed by atoms with Crippen LogP contribution in [0.3, 0.4) is 0 Å². The molecule has 1 saturated heterocycles. The van der Waals surface area contributed by atoms with Crippen molar-refractivity contribution in [2.24, 2.45) is 5.92 Å². The number of alkyl halides is 3. The van der Waals surface area contributed by atoms with Crippen molar-refractivity contribution in [3.05, 3.63) is 0 Å². The second kappa shape index (κ2) is 6.20. The fraction of sp³-hybridized carbons (Fsp3) is 0.800. The number of carboxylic acids is 1. The highest BCUT2D eigenvalue weighted by Gasteiger charge is 2.38. The lowest BCUT2D eigenvalue weighted by molar-refractivity contribution is -0.178. The Hall–Kier alpha value is -1.35. The summed E-state index contributed by atoms with van der Waals surface area (Å²) in [7, 11) is 1.31. The molecule has 1 N–H and O–H groups in total. The minimum absolute atomic E-state index is 0.0268. The molecule has 6 nitrogen and oxygen atoms in total. The molecule has 19 heavy (non-hydrogen) atoms. The van der Waals surface area contributed by atoms with E-state index in [0.717, 1.165) is 4.90 Å². The number of rotatable bonds is 5. The molecule has 0 aromatic carbocycles. The number of amides is 1. The van der Waals surface area contributed by atoms with Crippen LogP contribution in [0.25, 0.3) is 0 Å². The van der Waals surface area contributed by atoms with Gasteiger partial charge in [-0.15, -0.1) is 0 Å². The Bertz CT molecular complexity index is 347. The molecular formula is C10H14F3NO5. The van der Waals surface area contributed by atoms with Crippen molar-refractivity contribution in [1.29, 1.82) is 0 Å². The number of carboxylic acid groups (broad SMARTS) is 1. The number of nitrogens with zero attached hydrogens (tertiary/aromatic N) is 1. The van der Waals surface area contributed by atoms with Gasteiger partial charge in [-0.3, -0.25) is 9.59 Å². The van der Waals surface area contributed by atoms with E-state index in [1.165, 1.54) is 7.05 Å². The summed E-state index contributed by atoms with van der Waals surface area (Å²) in [5.41, 5.74) is 0. The second-order valence-electron chi connectivity index (χ2n) is 4.16. The zero-order valence-electron chi connectivity index (χ0n) is 10.1. The first-order chi connectivity index (χ1) is 8.72. The van der Waals surface area contributed by atoms with Crippen LogP contribution >= 0.6 is 0 Å². The smallest absolute Gasteiger partial charge is 0.411 e. The predicted molar refractivity (Wildman–Crippen MR) is 55.4 cm³/mol. The molecule has 0 saturated carbocycles. The Morgan fingerprint density at radius 1 is 1.42 bits per heavy atom. The summed E-state index contributed by atoms with van der Waals surface area (Å²) < 4.78 is 44.7. The lowest BCUT2D eigenvalue weighted by Crippen LogP contribution is -2.45. The Kier molecular flexibility index (Phi) is 5.12. The van der Waals surface area contributed by atoms with E-state index in [9.17, 15) is 22.8 Å². The van der Waals surface area contributed by atoms with Crippen LogP contribution in [0, 0.1) is 5.92 Å². The molecule has 1 fully saturated rings. The van der Waals surface area contributed by atoms with Crippen LogP contribution in [-0.2, 0) is 19.1 Å². The van der Waals surface area contributed by atoms with Gasteiger partial charge in [-0.1, -0.05) is 0 Å². The van der Waals surface area contributed by atoms with Gasteiger partial charge in [0.1, 0.15) is 19.1 Å². The van der Waals surface area contributed by atoms with Crippen molar-refractivity contribution in [3.63, 3.8) is 0 Å². The van der Waals surface area contributed by atoms with Gasteiger partial charge in [0.2, 0.25) is 5.91 Å². The molecule has 2 atom stereocenters. The quantitative estimate of drug-likeness (QED) is 0.776. The fourth-order valence-electron chi connectivity index (χ4n) is 1.70. The van der Waals surface area contributed by atoms with Crippen LogP contribution in [0.15, 0.2) is 0 Å². The Balaban J connectivity index is 2.46. The number of halogens is 3. The van der Waals surface area contributed by atoms with E-state index in [-0.39, 0.29) is 13.2 Å². The summed E-state index contributed by atoms with van der Waals surface area (Å²) in [5.74, 6) is -2.71. The first-order valence-electron chi connectivity index (χ1n) is 5.43. The van der Waals surface area contributed by atoms with E-state index in [1.54, 1.807) is 0 Å². The molecule has 1 amide bonds. The van der Waals surface area contributed by atoms with Crippen LogP contribution in [0.1, 0.15) is 0 Å². The molecule has 1 heterocycles. The average molecular weight is 285 g/mol. The van der Waals surface area contributed by atoms with Gasteiger partial charge in [0.15, 0.2) is 0 Å². The van der Waals surface area contributed by atoms with Gasteiger partial charge in [0, 0.05) is 7.05 Å². The van der Waals surface area contributed by atoms with E-state index in [0.29, 0.717) is 0 Å². The molecule has 0 radical (unpaired) electrons. The van der Waals surface area contributed by atoms with Gasteiger partial charge >= 0.3 is 12.1 Å². The zero-order chi connectivity index (χ0) is 14.6. The molecule has 1 aliphatic heterocycles. The predicted octanol–water partition coefficient (Wildman–Crippen LogP) is 0.123. The molecule has 1 rings (SSSR count). The molecule has 2 unspecified atom stereocenters. The van der Waals surface area contributed by atoms with Crippen molar-refractivity contribution in [3.8, 4) is 0 Å². The van der Waals surface area contributed by atoms with Gasteiger partial charge in [-0.05, 0) is 0 Å². The van der Waals surface area contributed by atoms with Gasteiger partial charge in [0.25, 0.3) is 0 Å². The number of aliphatic carboxylic acids is 1. The number of carbonyl (C=O) groups is 2. The van der Waals surface area contributed by atoms with Gasteiger partial charge in [-0.2, -0.15) is 13.2 Å². The maximum Gasteiger partial charge on any atom is 0.411 e. The standard InChI is InChI=1S/C10H14F3NO5/c1-14(7-3-18-2-6(7)9(16)17)8(15)4-19-5-10(11,12)13/h6-7H,2-5H2,1H3,(H,16,17). The van der Waals surface area contributed by atoms with E-state index < -0.39 is 43.2 Å². The third-order valence-corrected chi connectivity index (χ3v) is 2.75. The topological polar surface area (TPSA) is 76.1 Å². The first kappa shape index (κ1) is 15.7.